The number of thiazole rings is 1. The van der Waals surface area contributed by atoms with E-state index in [-0.39, 0.29) is 10.6 Å². The summed E-state index contributed by atoms with van der Waals surface area (Å²) in [4.78, 5) is 22.5. The van der Waals surface area contributed by atoms with E-state index < -0.39 is 18.1 Å². The zero-order chi connectivity index (χ0) is 17.9. The molecule has 0 spiro atoms. The third kappa shape index (κ3) is 4.55. The van der Waals surface area contributed by atoms with Crippen molar-refractivity contribution in [1.29, 1.82) is 0 Å². The van der Waals surface area contributed by atoms with Gasteiger partial charge in [0.1, 0.15) is 9.88 Å². The van der Waals surface area contributed by atoms with Gasteiger partial charge in [0.2, 0.25) is 0 Å². The molecule has 1 aliphatic rings. The van der Waals surface area contributed by atoms with Gasteiger partial charge in [0, 0.05) is 6.20 Å². The normalized spacial score (nSPS) is 16.8. The Kier molecular flexibility index (Phi) is 5.33. The summed E-state index contributed by atoms with van der Waals surface area (Å²) in [6.45, 7) is 2.59. The van der Waals surface area contributed by atoms with E-state index in [1.807, 2.05) is 5.32 Å². The van der Waals surface area contributed by atoms with Crippen molar-refractivity contribution < 1.29 is 18.0 Å². The van der Waals surface area contributed by atoms with Crippen LogP contribution in [0.25, 0.3) is 0 Å². The highest BCUT2D eigenvalue weighted by atomic mass is 32.1. The number of hydrogen-bond donors (Lipinski definition) is 1. The zero-order valence-electron chi connectivity index (χ0n) is 13.3. The molecule has 0 saturated carbocycles. The van der Waals surface area contributed by atoms with E-state index in [1.165, 1.54) is 30.6 Å². The second-order valence-electron chi connectivity index (χ2n) is 5.80. The van der Waals surface area contributed by atoms with Gasteiger partial charge in [-0.15, -0.1) is 11.3 Å². The first-order chi connectivity index (χ1) is 11.9. The Labute approximate surface area is 146 Å². The van der Waals surface area contributed by atoms with Crippen LogP contribution in [0.5, 0.6) is 0 Å². The Bertz CT molecular complexity index is 714. The number of alkyl halides is 3. The van der Waals surface area contributed by atoms with Crippen molar-refractivity contribution in [2.75, 3.05) is 13.1 Å². The van der Waals surface area contributed by atoms with Crippen LogP contribution in [0.1, 0.15) is 39.3 Å². The van der Waals surface area contributed by atoms with Crippen LogP contribution in [0.4, 0.5) is 13.2 Å². The van der Waals surface area contributed by atoms with E-state index in [4.69, 9.17) is 0 Å². The molecule has 1 fully saturated rings. The van der Waals surface area contributed by atoms with Crippen molar-refractivity contribution in [3.63, 3.8) is 0 Å². The number of aromatic nitrogens is 2. The molecule has 2 aromatic rings. The lowest BCUT2D eigenvalue weighted by molar-refractivity contribution is -0.156. The highest BCUT2D eigenvalue weighted by Gasteiger charge is 2.43. The predicted octanol–water partition coefficient (Wildman–Crippen LogP) is 3.17. The van der Waals surface area contributed by atoms with Gasteiger partial charge in [-0.3, -0.25) is 14.7 Å². The highest BCUT2D eigenvalue weighted by Crippen LogP contribution is 2.32. The molecule has 0 unspecified atom stereocenters. The zero-order valence-corrected chi connectivity index (χ0v) is 14.1. The molecule has 3 rings (SSSR count). The van der Waals surface area contributed by atoms with Crippen LogP contribution in [0.2, 0.25) is 0 Å². The van der Waals surface area contributed by atoms with E-state index in [0.29, 0.717) is 6.54 Å². The number of halogens is 3. The first-order valence-electron chi connectivity index (χ1n) is 7.89. The Morgan fingerprint density at radius 1 is 1.28 bits per heavy atom. The van der Waals surface area contributed by atoms with Crippen LogP contribution in [0.15, 0.2) is 30.6 Å². The monoisotopic (exact) mass is 370 g/mol. The summed E-state index contributed by atoms with van der Waals surface area (Å²) in [5.74, 6) is -0.793. The van der Waals surface area contributed by atoms with Gasteiger partial charge in [-0.2, -0.15) is 13.2 Å². The predicted molar refractivity (Wildman–Crippen MR) is 87.1 cm³/mol. The first-order valence-corrected chi connectivity index (χ1v) is 8.71. The smallest absolute Gasteiger partial charge is 0.335 e. The van der Waals surface area contributed by atoms with Crippen molar-refractivity contribution in [1.82, 2.24) is 20.2 Å². The number of hydrogen-bond acceptors (Lipinski definition) is 5. The largest absolute Gasteiger partial charge is 0.414 e. The summed E-state index contributed by atoms with van der Waals surface area (Å²) in [6, 6.07) is 2.07. The van der Waals surface area contributed by atoms with E-state index in [2.05, 4.69) is 14.9 Å². The number of likely N-dealkylation sites (tertiary alicyclic amines) is 1. The number of carbonyl (C=O) groups is 1. The number of nitrogens with zero attached hydrogens (tertiary/aromatic N) is 3. The number of carbonyl (C=O) groups excluding carboxylic acids is 1. The Hall–Kier alpha value is -2.00. The number of nitrogens with one attached hydrogen (secondary N) is 1. The van der Waals surface area contributed by atoms with Crippen molar-refractivity contribution in [2.45, 2.75) is 31.6 Å². The maximum atomic E-state index is 13.3. The van der Waals surface area contributed by atoms with Crippen LogP contribution in [0.3, 0.4) is 0 Å². The molecule has 9 heteroatoms. The van der Waals surface area contributed by atoms with Gasteiger partial charge >= 0.3 is 6.18 Å². The SMILES string of the molecule is O=C(N[C@@H](c1ccccn1)C(F)(F)F)c1cnc(CN2CCCC2)s1. The Balaban J connectivity index is 1.70. The molecule has 2 aromatic heterocycles. The summed E-state index contributed by atoms with van der Waals surface area (Å²) < 4.78 is 39.9. The molecule has 3 heterocycles. The van der Waals surface area contributed by atoms with Gasteiger partial charge in [-0.05, 0) is 38.1 Å². The van der Waals surface area contributed by atoms with E-state index in [9.17, 15) is 18.0 Å². The van der Waals surface area contributed by atoms with E-state index in [0.717, 1.165) is 42.3 Å². The molecular formula is C16H17F3N4OS. The highest BCUT2D eigenvalue weighted by molar-refractivity contribution is 7.13. The fourth-order valence-electron chi connectivity index (χ4n) is 2.69. The Morgan fingerprint density at radius 2 is 2.04 bits per heavy atom. The maximum absolute atomic E-state index is 13.3. The van der Waals surface area contributed by atoms with Crippen LogP contribution in [-0.4, -0.2) is 40.0 Å². The van der Waals surface area contributed by atoms with Gasteiger partial charge in [-0.25, -0.2) is 4.98 Å². The third-order valence-corrected chi connectivity index (χ3v) is 4.90. The van der Waals surface area contributed by atoms with Gasteiger partial charge in [0.05, 0.1) is 18.4 Å². The molecule has 1 N–H and O–H groups in total. The molecule has 1 saturated heterocycles. The Morgan fingerprint density at radius 3 is 2.68 bits per heavy atom. The number of pyridine rings is 1. The van der Waals surface area contributed by atoms with Crippen LogP contribution in [-0.2, 0) is 6.54 Å². The molecule has 0 bridgehead atoms. The fraction of sp³-hybridized carbons (Fsp3) is 0.438. The minimum absolute atomic E-state index is 0.166. The topological polar surface area (TPSA) is 58.1 Å². The molecule has 134 valence electrons. The van der Waals surface area contributed by atoms with Gasteiger partial charge in [-0.1, -0.05) is 6.07 Å². The summed E-state index contributed by atoms with van der Waals surface area (Å²) in [7, 11) is 0. The lowest BCUT2D eigenvalue weighted by Crippen LogP contribution is -2.38. The van der Waals surface area contributed by atoms with Crippen molar-refractivity contribution in [2.24, 2.45) is 0 Å². The quantitative estimate of drug-likeness (QED) is 0.878. The molecule has 5 nitrogen and oxygen atoms in total. The summed E-state index contributed by atoms with van der Waals surface area (Å²) in [5.41, 5.74) is -0.245. The molecular weight excluding hydrogens is 353 g/mol. The van der Waals surface area contributed by atoms with E-state index in [1.54, 1.807) is 0 Å². The van der Waals surface area contributed by atoms with E-state index >= 15 is 0 Å². The third-order valence-electron chi connectivity index (χ3n) is 3.92. The average Bonchev–Trinajstić information content (AvgIpc) is 3.24. The summed E-state index contributed by atoms with van der Waals surface area (Å²) in [5, 5.41) is 2.76. The van der Waals surface area contributed by atoms with Crippen molar-refractivity contribution in [3.8, 4) is 0 Å². The van der Waals surface area contributed by atoms with Gasteiger partial charge in [0.25, 0.3) is 5.91 Å². The number of amides is 1. The van der Waals surface area contributed by atoms with Crippen molar-refractivity contribution >= 4 is 17.2 Å². The van der Waals surface area contributed by atoms with Gasteiger partial charge in [0.15, 0.2) is 6.04 Å². The summed E-state index contributed by atoms with van der Waals surface area (Å²) in [6.07, 6.45) is 0.234. The minimum Gasteiger partial charge on any atom is -0.335 e. The average molecular weight is 370 g/mol. The molecule has 1 atom stereocenters. The standard InChI is InChI=1S/C16H17F3N4OS/c17-16(18,19)14(11-5-1-2-6-20-11)22-15(24)12-9-21-13(25-12)10-23-7-3-4-8-23/h1-2,5-6,9,14H,3-4,7-8,10H2,(H,22,24)/t14-/m0/s1. The van der Waals surface area contributed by atoms with Crippen LogP contribution >= 0.6 is 11.3 Å². The molecule has 1 aliphatic heterocycles. The summed E-state index contributed by atoms with van der Waals surface area (Å²) >= 11 is 1.12. The minimum atomic E-state index is -4.63. The maximum Gasteiger partial charge on any atom is 0.414 e. The van der Waals surface area contributed by atoms with Crippen LogP contribution in [0, 0.1) is 0 Å². The molecule has 25 heavy (non-hydrogen) atoms. The molecule has 1 amide bonds. The van der Waals surface area contributed by atoms with Crippen molar-refractivity contribution in [3.05, 3.63) is 46.2 Å². The molecule has 0 aromatic carbocycles. The second-order valence-corrected chi connectivity index (χ2v) is 6.92. The number of rotatable bonds is 5. The second kappa shape index (κ2) is 7.49. The van der Waals surface area contributed by atoms with Crippen LogP contribution < -0.4 is 5.32 Å². The fourth-order valence-corrected chi connectivity index (χ4v) is 3.56. The molecule has 0 radical (unpaired) electrons. The lowest BCUT2D eigenvalue weighted by atomic mass is 10.1. The lowest BCUT2D eigenvalue weighted by Gasteiger charge is -2.20. The first kappa shape index (κ1) is 17.8. The molecule has 0 aliphatic carbocycles. The van der Waals surface area contributed by atoms with Gasteiger partial charge < -0.3 is 5.32 Å².